The zero-order valence-electron chi connectivity index (χ0n) is 20.8. The number of alkyl halides is 3. The highest BCUT2D eigenvalue weighted by Gasteiger charge is 2.32. The highest BCUT2D eigenvalue weighted by molar-refractivity contribution is 6.11. The van der Waals surface area contributed by atoms with Crippen molar-refractivity contribution in [3.8, 4) is 16.9 Å². The summed E-state index contributed by atoms with van der Waals surface area (Å²) in [7, 11) is 2.64. The number of ether oxygens (including phenoxy) is 1. The molecule has 1 aromatic heterocycles. The number of rotatable bonds is 7. The second-order valence-electron chi connectivity index (χ2n) is 8.74. The van der Waals surface area contributed by atoms with E-state index < -0.39 is 34.2 Å². The van der Waals surface area contributed by atoms with Crippen LogP contribution in [0.15, 0.2) is 53.7 Å². The highest BCUT2D eigenvalue weighted by Crippen LogP contribution is 2.39. The van der Waals surface area contributed by atoms with Crippen LogP contribution in [-0.2, 0) is 6.18 Å². The molecule has 2 aromatic carbocycles. The van der Waals surface area contributed by atoms with E-state index in [1.54, 1.807) is 6.21 Å². The number of nitrogens with zero attached hydrogens (tertiary/aromatic N) is 4. The number of benzene rings is 2. The van der Waals surface area contributed by atoms with Crippen LogP contribution in [0.3, 0.4) is 0 Å². The Morgan fingerprint density at radius 2 is 2.03 bits per heavy atom. The summed E-state index contributed by atoms with van der Waals surface area (Å²) in [5.41, 5.74) is -1.57. The number of carbonyl (C=O) groups excluding carboxylic acids is 1. The number of aromatic nitrogens is 1. The van der Waals surface area contributed by atoms with Crippen LogP contribution in [-0.4, -0.2) is 48.8 Å². The maximum Gasteiger partial charge on any atom is 0.433 e. The first-order chi connectivity index (χ1) is 18.5. The third-order valence-corrected chi connectivity index (χ3v) is 6.21. The maximum atomic E-state index is 14.4. The van der Waals surface area contributed by atoms with Gasteiger partial charge in [0.2, 0.25) is 0 Å². The molecule has 0 saturated carbocycles. The monoisotopic (exact) mass is 545 g/mol. The van der Waals surface area contributed by atoms with E-state index in [1.807, 2.05) is 0 Å². The highest BCUT2D eigenvalue weighted by atomic mass is 19.4. The zero-order valence-corrected chi connectivity index (χ0v) is 20.8. The summed E-state index contributed by atoms with van der Waals surface area (Å²) in [4.78, 5) is 33.7. The fourth-order valence-corrected chi connectivity index (χ4v) is 4.13. The van der Waals surface area contributed by atoms with Crippen LogP contribution >= 0.6 is 0 Å². The Bertz CT molecular complexity index is 1420. The molecule has 1 saturated heterocycles. The average Bonchev–Trinajstić information content (AvgIpc) is 3.44. The molecule has 0 radical (unpaired) electrons. The van der Waals surface area contributed by atoms with E-state index in [-0.39, 0.29) is 39.9 Å². The number of hydrogen-bond acceptors (Lipinski definition) is 7. The predicted molar refractivity (Wildman–Crippen MR) is 136 cm³/mol. The summed E-state index contributed by atoms with van der Waals surface area (Å²) in [5, 5.41) is 15.0. The van der Waals surface area contributed by atoms with Gasteiger partial charge >= 0.3 is 6.18 Å². The minimum absolute atomic E-state index is 0.00157. The van der Waals surface area contributed by atoms with Crippen molar-refractivity contribution in [2.24, 2.45) is 4.99 Å². The maximum absolute atomic E-state index is 14.4. The van der Waals surface area contributed by atoms with Gasteiger partial charge in [0.25, 0.3) is 11.6 Å². The van der Waals surface area contributed by atoms with Gasteiger partial charge in [-0.25, -0.2) is 4.39 Å². The molecule has 3 aromatic rings. The van der Waals surface area contributed by atoms with Crippen molar-refractivity contribution in [1.82, 2.24) is 10.3 Å². The summed E-state index contributed by atoms with van der Waals surface area (Å²) in [6.07, 6.45) is -0.551. The topological polar surface area (TPSA) is 110 Å². The van der Waals surface area contributed by atoms with Gasteiger partial charge in [0.1, 0.15) is 5.69 Å². The molecule has 4 rings (SSSR count). The van der Waals surface area contributed by atoms with E-state index in [1.165, 1.54) is 26.3 Å². The number of nitro groups is 1. The van der Waals surface area contributed by atoms with Crippen LogP contribution in [0, 0.1) is 15.9 Å². The van der Waals surface area contributed by atoms with Gasteiger partial charge in [0.15, 0.2) is 11.6 Å². The van der Waals surface area contributed by atoms with E-state index >= 15 is 0 Å². The lowest BCUT2D eigenvalue weighted by Gasteiger charge is -2.20. The zero-order chi connectivity index (χ0) is 28.3. The number of anilines is 1. The van der Waals surface area contributed by atoms with Gasteiger partial charge < -0.3 is 15.0 Å². The minimum Gasteiger partial charge on any atom is -0.494 e. The average molecular weight is 545 g/mol. The Hall–Kier alpha value is -4.39. The van der Waals surface area contributed by atoms with Gasteiger partial charge in [-0.1, -0.05) is 6.07 Å². The SMILES string of the molecule is COc1ccc(N(C)C(=O)c2cc([N+](=O)[O-])cc(-c3ccc(C(F)(F)F)nc3)c2/N=C/C2CCCN2)cc1F. The van der Waals surface area contributed by atoms with E-state index in [2.05, 4.69) is 15.3 Å². The Morgan fingerprint density at radius 1 is 1.26 bits per heavy atom. The molecule has 1 aliphatic heterocycles. The minimum atomic E-state index is -4.69. The number of pyridine rings is 1. The van der Waals surface area contributed by atoms with Gasteiger partial charge in [-0.3, -0.25) is 24.9 Å². The fraction of sp³-hybridized carbons (Fsp3) is 0.269. The summed E-state index contributed by atoms with van der Waals surface area (Å²) < 4.78 is 58.5. The number of methoxy groups -OCH3 is 1. The molecule has 1 unspecified atom stereocenters. The van der Waals surface area contributed by atoms with E-state index in [4.69, 9.17) is 4.74 Å². The number of nitrogens with one attached hydrogen (secondary N) is 1. The first-order valence-electron chi connectivity index (χ1n) is 11.7. The lowest BCUT2D eigenvalue weighted by molar-refractivity contribution is -0.384. The molecule has 1 aliphatic rings. The summed E-state index contributed by atoms with van der Waals surface area (Å²) in [6.45, 7) is 0.754. The second-order valence-corrected chi connectivity index (χ2v) is 8.74. The molecule has 1 fully saturated rings. The van der Waals surface area contributed by atoms with Crippen LogP contribution in [0.4, 0.5) is 34.6 Å². The number of nitro benzene ring substituents is 1. The Labute approximate surface area is 220 Å². The summed E-state index contributed by atoms with van der Waals surface area (Å²) in [6, 6.07) is 7.72. The van der Waals surface area contributed by atoms with Gasteiger partial charge in [-0.2, -0.15) is 13.2 Å². The lowest BCUT2D eigenvalue weighted by atomic mass is 9.99. The standard InChI is InChI=1S/C26H23F4N5O4/c1-34(17-6-7-22(39-2)21(27)12-17)25(36)20-11-18(35(37)38)10-19(24(20)33-14-16-4-3-9-31-16)15-5-8-23(32-13-15)26(28,29)30/h5-8,10-14,16,31H,3-4,9H2,1-2H3/b33-14+. The Kier molecular flexibility index (Phi) is 7.90. The third kappa shape index (κ3) is 6.03. The number of aliphatic imine (C=N–C) groups is 1. The normalized spacial score (nSPS) is 15.5. The van der Waals surface area contributed by atoms with Gasteiger partial charge in [0, 0.05) is 60.5 Å². The first kappa shape index (κ1) is 27.6. The van der Waals surface area contributed by atoms with Crippen LogP contribution in [0.1, 0.15) is 28.9 Å². The molecule has 2 heterocycles. The van der Waals surface area contributed by atoms with Crippen LogP contribution < -0.4 is 15.0 Å². The van der Waals surface area contributed by atoms with Gasteiger partial charge in [0.05, 0.1) is 23.3 Å². The van der Waals surface area contributed by atoms with Crippen LogP contribution in [0.25, 0.3) is 11.1 Å². The molecule has 1 amide bonds. The lowest BCUT2D eigenvalue weighted by Crippen LogP contribution is -2.27. The molecule has 0 spiro atoms. The number of carbonyl (C=O) groups is 1. The Balaban J connectivity index is 1.88. The molecule has 9 nitrogen and oxygen atoms in total. The number of non-ortho nitro benzene ring substituents is 1. The third-order valence-electron chi connectivity index (χ3n) is 6.21. The van der Waals surface area contributed by atoms with E-state index in [0.717, 1.165) is 60.8 Å². The Morgan fingerprint density at radius 3 is 2.59 bits per heavy atom. The number of amides is 1. The van der Waals surface area contributed by atoms with Gasteiger partial charge in [-0.05, 0) is 37.6 Å². The molecular weight excluding hydrogens is 522 g/mol. The molecule has 204 valence electrons. The van der Waals surface area contributed by atoms with Crippen molar-refractivity contribution >= 4 is 29.2 Å². The van der Waals surface area contributed by atoms with Gasteiger partial charge in [-0.15, -0.1) is 0 Å². The van der Waals surface area contributed by atoms with E-state index in [0.29, 0.717) is 0 Å². The summed E-state index contributed by atoms with van der Waals surface area (Å²) in [5.74, 6) is -1.52. The number of halogens is 4. The molecule has 39 heavy (non-hydrogen) atoms. The van der Waals surface area contributed by atoms with Crippen LogP contribution in [0.5, 0.6) is 5.75 Å². The van der Waals surface area contributed by atoms with Crippen molar-refractivity contribution in [3.05, 3.63) is 75.9 Å². The largest absolute Gasteiger partial charge is 0.494 e. The van der Waals surface area contributed by atoms with Crippen molar-refractivity contribution < 1.29 is 32.0 Å². The van der Waals surface area contributed by atoms with Crippen molar-refractivity contribution in [2.75, 3.05) is 25.6 Å². The molecule has 1 N–H and O–H groups in total. The fourth-order valence-electron chi connectivity index (χ4n) is 4.13. The molecule has 1 atom stereocenters. The molecule has 13 heteroatoms. The van der Waals surface area contributed by atoms with Crippen molar-refractivity contribution in [1.29, 1.82) is 0 Å². The number of hydrogen-bond donors (Lipinski definition) is 1. The summed E-state index contributed by atoms with van der Waals surface area (Å²) >= 11 is 0. The molecular formula is C26H23F4N5O4. The molecule has 0 aliphatic carbocycles. The van der Waals surface area contributed by atoms with Crippen molar-refractivity contribution in [3.63, 3.8) is 0 Å². The predicted octanol–water partition coefficient (Wildman–Crippen LogP) is 5.55. The second kappa shape index (κ2) is 11.2. The van der Waals surface area contributed by atoms with Crippen LogP contribution in [0.2, 0.25) is 0 Å². The quantitative estimate of drug-likeness (QED) is 0.180. The first-order valence-corrected chi connectivity index (χ1v) is 11.7. The van der Waals surface area contributed by atoms with E-state index in [9.17, 15) is 32.5 Å². The van der Waals surface area contributed by atoms with Crippen molar-refractivity contribution in [2.45, 2.75) is 25.1 Å². The smallest absolute Gasteiger partial charge is 0.433 e. The molecule has 0 bridgehead atoms.